The maximum Gasteiger partial charge on any atom is 0.271 e. The first-order valence-corrected chi connectivity index (χ1v) is 8.16. The number of benzene rings is 1. The molecule has 0 aliphatic carbocycles. The Labute approximate surface area is 158 Å². The van der Waals surface area contributed by atoms with Crippen LogP contribution in [0, 0.1) is 0 Å². The van der Waals surface area contributed by atoms with Gasteiger partial charge in [-0.2, -0.15) is 5.10 Å². The molecule has 0 atom stereocenters. The van der Waals surface area contributed by atoms with Gasteiger partial charge in [-0.15, -0.1) is 0 Å². The highest BCUT2D eigenvalue weighted by atomic mass is 35.5. The molecule has 3 aromatic rings. The third-order valence-electron chi connectivity index (χ3n) is 3.20. The Balaban J connectivity index is 1.72. The van der Waals surface area contributed by atoms with Crippen LogP contribution in [0.4, 0.5) is 0 Å². The second kappa shape index (κ2) is 7.70. The number of aromatic nitrogens is 1. The standard InChI is InChI=1S/C17H10Cl3N3O2/c18-13-8-15(20)14(19)7-12(13)16-2-1-11(25-16)9-22-23-17(24)10-3-5-21-6-4-10/h1-9H,(H,23,24)/b22-9-. The lowest BCUT2D eigenvalue weighted by atomic mass is 10.2. The molecule has 0 saturated heterocycles. The predicted molar refractivity (Wildman–Crippen MR) is 98.5 cm³/mol. The van der Waals surface area contributed by atoms with Gasteiger partial charge in [0.2, 0.25) is 0 Å². The summed E-state index contributed by atoms with van der Waals surface area (Å²) in [5.41, 5.74) is 3.46. The molecule has 1 N–H and O–H groups in total. The van der Waals surface area contributed by atoms with E-state index >= 15 is 0 Å². The van der Waals surface area contributed by atoms with Crippen LogP contribution >= 0.6 is 34.8 Å². The number of nitrogens with one attached hydrogen (secondary N) is 1. The van der Waals surface area contributed by atoms with Gasteiger partial charge in [0.05, 0.1) is 21.3 Å². The highest BCUT2D eigenvalue weighted by Gasteiger charge is 2.11. The van der Waals surface area contributed by atoms with Crippen LogP contribution in [0.5, 0.6) is 0 Å². The summed E-state index contributed by atoms with van der Waals surface area (Å²) >= 11 is 18.1. The first kappa shape index (κ1) is 17.5. The van der Waals surface area contributed by atoms with Gasteiger partial charge in [-0.25, -0.2) is 5.43 Å². The number of hydrogen-bond donors (Lipinski definition) is 1. The Bertz CT molecular complexity index is 940. The molecular weight excluding hydrogens is 385 g/mol. The molecule has 0 radical (unpaired) electrons. The Morgan fingerprint density at radius 3 is 2.52 bits per heavy atom. The second-order valence-electron chi connectivity index (χ2n) is 4.88. The van der Waals surface area contributed by atoms with E-state index in [-0.39, 0.29) is 5.91 Å². The number of pyridine rings is 1. The summed E-state index contributed by atoms with van der Waals surface area (Å²) in [6.45, 7) is 0. The molecule has 0 bridgehead atoms. The van der Waals surface area contributed by atoms with Gasteiger partial charge in [0.25, 0.3) is 5.91 Å². The Morgan fingerprint density at radius 1 is 1.04 bits per heavy atom. The average molecular weight is 395 g/mol. The van der Waals surface area contributed by atoms with E-state index in [9.17, 15) is 4.79 Å². The lowest BCUT2D eigenvalue weighted by molar-refractivity contribution is 0.0955. The zero-order valence-corrected chi connectivity index (χ0v) is 14.8. The summed E-state index contributed by atoms with van der Waals surface area (Å²) in [6, 6.07) is 9.75. The molecule has 8 heteroatoms. The Hall–Kier alpha value is -2.34. The van der Waals surface area contributed by atoms with Crippen molar-refractivity contribution in [3.63, 3.8) is 0 Å². The number of nitrogens with zero attached hydrogens (tertiary/aromatic N) is 2. The second-order valence-corrected chi connectivity index (χ2v) is 6.10. The van der Waals surface area contributed by atoms with Crippen LogP contribution in [0.2, 0.25) is 15.1 Å². The fourth-order valence-electron chi connectivity index (χ4n) is 2.00. The van der Waals surface area contributed by atoms with Crippen molar-refractivity contribution in [2.75, 3.05) is 0 Å². The minimum Gasteiger partial charge on any atom is -0.455 e. The van der Waals surface area contributed by atoms with E-state index in [0.29, 0.717) is 37.7 Å². The molecule has 1 aromatic carbocycles. The largest absolute Gasteiger partial charge is 0.455 e. The lowest BCUT2D eigenvalue weighted by Gasteiger charge is -2.03. The molecule has 5 nitrogen and oxygen atoms in total. The summed E-state index contributed by atoms with van der Waals surface area (Å²) in [6.07, 6.45) is 4.44. The fraction of sp³-hybridized carbons (Fsp3) is 0. The van der Waals surface area contributed by atoms with Gasteiger partial charge in [-0.3, -0.25) is 9.78 Å². The van der Waals surface area contributed by atoms with E-state index in [1.165, 1.54) is 18.6 Å². The molecule has 0 aliphatic rings. The van der Waals surface area contributed by atoms with Gasteiger partial charge in [0.15, 0.2) is 0 Å². The smallest absolute Gasteiger partial charge is 0.271 e. The van der Waals surface area contributed by atoms with E-state index in [1.807, 2.05) is 0 Å². The van der Waals surface area contributed by atoms with Gasteiger partial charge in [0.1, 0.15) is 11.5 Å². The van der Waals surface area contributed by atoms with Crippen LogP contribution in [-0.4, -0.2) is 17.1 Å². The third kappa shape index (κ3) is 4.20. The van der Waals surface area contributed by atoms with E-state index in [0.717, 1.165) is 0 Å². The first-order chi connectivity index (χ1) is 12.0. The van der Waals surface area contributed by atoms with Gasteiger partial charge in [-0.05, 0) is 36.4 Å². The van der Waals surface area contributed by atoms with Gasteiger partial charge in [-0.1, -0.05) is 34.8 Å². The minimum absolute atomic E-state index is 0.349. The molecule has 0 saturated carbocycles. The number of amides is 1. The lowest BCUT2D eigenvalue weighted by Crippen LogP contribution is -2.17. The topological polar surface area (TPSA) is 67.5 Å². The summed E-state index contributed by atoms with van der Waals surface area (Å²) in [7, 11) is 0. The number of carbonyl (C=O) groups is 1. The van der Waals surface area contributed by atoms with Crippen molar-refractivity contribution in [3.8, 4) is 11.3 Å². The van der Waals surface area contributed by atoms with Gasteiger partial charge >= 0.3 is 0 Å². The predicted octanol–water partition coefficient (Wildman–Crippen LogP) is 5.07. The number of carbonyl (C=O) groups excluding carboxylic acids is 1. The fourth-order valence-corrected chi connectivity index (χ4v) is 2.64. The van der Waals surface area contributed by atoms with Crippen molar-refractivity contribution in [2.45, 2.75) is 0 Å². The number of hydrogen-bond acceptors (Lipinski definition) is 4. The maximum absolute atomic E-state index is 11.8. The Morgan fingerprint density at radius 2 is 1.76 bits per heavy atom. The van der Waals surface area contributed by atoms with Crippen LogP contribution in [-0.2, 0) is 0 Å². The summed E-state index contributed by atoms with van der Waals surface area (Å²) in [4.78, 5) is 15.7. The zero-order chi connectivity index (χ0) is 17.8. The average Bonchev–Trinajstić information content (AvgIpc) is 3.07. The van der Waals surface area contributed by atoms with E-state index in [1.54, 1.807) is 36.4 Å². The van der Waals surface area contributed by atoms with Crippen molar-refractivity contribution in [1.29, 1.82) is 0 Å². The molecule has 2 heterocycles. The molecule has 2 aromatic heterocycles. The molecule has 1 amide bonds. The Kier molecular flexibility index (Phi) is 5.38. The molecule has 126 valence electrons. The normalized spacial score (nSPS) is 11.0. The van der Waals surface area contributed by atoms with Crippen LogP contribution < -0.4 is 5.43 Å². The van der Waals surface area contributed by atoms with Crippen LogP contribution in [0.3, 0.4) is 0 Å². The zero-order valence-electron chi connectivity index (χ0n) is 12.5. The number of halogens is 3. The van der Waals surface area contributed by atoms with Gasteiger partial charge in [0, 0.05) is 23.5 Å². The quantitative estimate of drug-likeness (QED) is 0.382. The van der Waals surface area contributed by atoms with Crippen molar-refractivity contribution in [1.82, 2.24) is 10.4 Å². The van der Waals surface area contributed by atoms with E-state index in [2.05, 4.69) is 15.5 Å². The number of rotatable bonds is 4. The van der Waals surface area contributed by atoms with Gasteiger partial charge < -0.3 is 4.42 Å². The first-order valence-electron chi connectivity index (χ1n) is 7.03. The monoisotopic (exact) mass is 393 g/mol. The number of furan rings is 1. The van der Waals surface area contributed by atoms with Crippen LogP contribution in [0.1, 0.15) is 16.1 Å². The maximum atomic E-state index is 11.8. The van der Waals surface area contributed by atoms with Crippen molar-refractivity contribution in [3.05, 3.63) is 75.2 Å². The summed E-state index contributed by atoms with van der Waals surface area (Å²) < 4.78 is 5.64. The molecule has 3 rings (SSSR count). The third-order valence-corrected chi connectivity index (χ3v) is 4.24. The SMILES string of the molecule is O=C(N/N=C\c1ccc(-c2cc(Cl)c(Cl)cc2Cl)o1)c1ccncc1. The number of hydrazone groups is 1. The highest BCUT2D eigenvalue weighted by molar-refractivity contribution is 6.44. The molecular formula is C17H10Cl3N3O2. The highest BCUT2D eigenvalue weighted by Crippen LogP contribution is 2.35. The minimum atomic E-state index is -0.349. The molecule has 25 heavy (non-hydrogen) atoms. The summed E-state index contributed by atoms with van der Waals surface area (Å²) in [5, 5.41) is 5.01. The molecule has 0 spiro atoms. The molecule has 0 fully saturated rings. The van der Waals surface area contributed by atoms with Crippen molar-refractivity contribution >= 4 is 46.9 Å². The molecule has 0 unspecified atom stereocenters. The van der Waals surface area contributed by atoms with E-state index < -0.39 is 0 Å². The van der Waals surface area contributed by atoms with E-state index in [4.69, 9.17) is 39.2 Å². The van der Waals surface area contributed by atoms with Crippen LogP contribution in [0.25, 0.3) is 11.3 Å². The molecule has 0 aliphatic heterocycles. The summed E-state index contributed by atoms with van der Waals surface area (Å²) in [5.74, 6) is 0.593. The van der Waals surface area contributed by atoms with Crippen molar-refractivity contribution < 1.29 is 9.21 Å². The van der Waals surface area contributed by atoms with Crippen molar-refractivity contribution in [2.24, 2.45) is 5.10 Å². The van der Waals surface area contributed by atoms with Crippen LogP contribution in [0.15, 0.2) is 58.3 Å².